The zero-order chi connectivity index (χ0) is 14.7. The quantitative estimate of drug-likeness (QED) is 0.902. The molecule has 1 saturated heterocycles. The van der Waals surface area contributed by atoms with E-state index in [2.05, 4.69) is 18.3 Å². The number of halogens is 1. The van der Waals surface area contributed by atoms with E-state index in [4.69, 9.17) is 16.6 Å². The van der Waals surface area contributed by atoms with Crippen molar-refractivity contribution < 1.29 is 0 Å². The van der Waals surface area contributed by atoms with Gasteiger partial charge in [-0.15, -0.1) is 11.3 Å². The van der Waals surface area contributed by atoms with Gasteiger partial charge in [-0.1, -0.05) is 36.7 Å². The number of piperidine rings is 1. The van der Waals surface area contributed by atoms with E-state index in [0.29, 0.717) is 5.92 Å². The summed E-state index contributed by atoms with van der Waals surface area (Å²) < 4.78 is 0. The second kappa shape index (κ2) is 6.91. The lowest BCUT2D eigenvalue weighted by Crippen LogP contribution is -2.26. The molecule has 2 heterocycles. The minimum Gasteiger partial charge on any atom is -0.317 e. The maximum atomic E-state index is 6.27. The highest BCUT2D eigenvalue weighted by Gasteiger charge is 2.21. The topological polar surface area (TPSA) is 24.9 Å². The van der Waals surface area contributed by atoms with Gasteiger partial charge >= 0.3 is 0 Å². The minimum absolute atomic E-state index is 0.693. The Hall–Kier alpha value is -0.900. The highest BCUT2D eigenvalue weighted by Crippen LogP contribution is 2.34. The van der Waals surface area contributed by atoms with Gasteiger partial charge in [-0.2, -0.15) is 0 Å². The van der Waals surface area contributed by atoms with Crippen molar-refractivity contribution in [3.8, 4) is 0 Å². The Morgan fingerprint density at radius 1 is 1.29 bits per heavy atom. The van der Waals surface area contributed by atoms with Crippen LogP contribution < -0.4 is 5.32 Å². The fourth-order valence-corrected chi connectivity index (χ4v) is 4.50. The third-order valence-electron chi connectivity index (χ3n) is 4.12. The molecular formula is C17H21ClN2S. The Labute approximate surface area is 135 Å². The second-order valence-electron chi connectivity index (χ2n) is 5.56. The molecule has 1 aromatic carbocycles. The van der Waals surface area contributed by atoms with Crippen LogP contribution in [0.3, 0.4) is 0 Å². The summed E-state index contributed by atoms with van der Waals surface area (Å²) in [4.78, 5) is 6.39. The molecule has 21 heavy (non-hydrogen) atoms. The van der Waals surface area contributed by atoms with Gasteiger partial charge in [-0.25, -0.2) is 4.98 Å². The van der Waals surface area contributed by atoms with Crippen LogP contribution in [0.5, 0.6) is 0 Å². The monoisotopic (exact) mass is 320 g/mol. The van der Waals surface area contributed by atoms with E-state index in [1.165, 1.54) is 34.0 Å². The molecule has 0 unspecified atom stereocenters. The number of thiazole rings is 1. The normalized spacial score (nSPS) is 16.3. The molecule has 1 aliphatic rings. The lowest BCUT2D eigenvalue weighted by molar-refractivity contribution is 0.463. The van der Waals surface area contributed by atoms with Crippen LogP contribution in [0.4, 0.5) is 0 Å². The minimum atomic E-state index is 0.693. The van der Waals surface area contributed by atoms with Crippen molar-refractivity contribution in [3.05, 3.63) is 50.4 Å². The third-order valence-corrected chi connectivity index (χ3v) is 5.75. The van der Waals surface area contributed by atoms with Crippen LogP contribution in [0, 0.1) is 0 Å². The summed E-state index contributed by atoms with van der Waals surface area (Å²) in [7, 11) is 0. The summed E-state index contributed by atoms with van der Waals surface area (Å²) in [6.45, 7) is 4.47. The fraction of sp³-hybridized carbons (Fsp3) is 0.471. The highest BCUT2D eigenvalue weighted by molar-refractivity contribution is 7.11. The van der Waals surface area contributed by atoms with E-state index in [1.807, 2.05) is 29.5 Å². The molecule has 1 fully saturated rings. The van der Waals surface area contributed by atoms with E-state index < -0.39 is 0 Å². The Kier molecular flexibility index (Phi) is 4.94. The molecule has 0 aliphatic carbocycles. The summed E-state index contributed by atoms with van der Waals surface area (Å²) in [5.41, 5.74) is 2.47. The first-order valence-electron chi connectivity index (χ1n) is 7.70. The van der Waals surface area contributed by atoms with Crippen LogP contribution in [-0.2, 0) is 12.8 Å². The molecule has 0 radical (unpaired) electrons. The van der Waals surface area contributed by atoms with Gasteiger partial charge in [-0.05, 0) is 49.9 Å². The zero-order valence-corrected chi connectivity index (χ0v) is 13.9. The molecule has 2 aromatic rings. The zero-order valence-electron chi connectivity index (χ0n) is 12.4. The largest absolute Gasteiger partial charge is 0.317 e. The lowest BCUT2D eigenvalue weighted by Gasteiger charge is -2.22. The number of aromatic nitrogens is 1. The first-order valence-corrected chi connectivity index (χ1v) is 8.90. The summed E-state index contributed by atoms with van der Waals surface area (Å²) in [6, 6.07) is 8.08. The Bertz CT molecular complexity index is 603. The smallest absolute Gasteiger partial charge is 0.0975 e. The van der Waals surface area contributed by atoms with Crippen LogP contribution in [0.25, 0.3) is 0 Å². The van der Waals surface area contributed by atoms with Crippen molar-refractivity contribution in [1.82, 2.24) is 10.3 Å². The third kappa shape index (κ3) is 3.47. The number of benzene rings is 1. The maximum Gasteiger partial charge on any atom is 0.0975 e. The molecule has 0 saturated carbocycles. The van der Waals surface area contributed by atoms with Gasteiger partial charge in [0.1, 0.15) is 0 Å². The van der Waals surface area contributed by atoms with Gasteiger partial charge in [-0.3, -0.25) is 0 Å². The van der Waals surface area contributed by atoms with E-state index in [1.54, 1.807) is 0 Å². The number of aryl methyl sites for hydroxylation is 1. The lowest BCUT2D eigenvalue weighted by atomic mass is 9.95. The molecule has 0 spiro atoms. The van der Waals surface area contributed by atoms with Gasteiger partial charge in [0, 0.05) is 16.3 Å². The average Bonchev–Trinajstić information content (AvgIpc) is 2.93. The van der Waals surface area contributed by atoms with Crippen LogP contribution in [0.15, 0.2) is 24.3 Å². The SMILES string of the molecule is CCc1nc(Cc2ccccc2Cl)sc1C1CCNCC1. The molecule has 4 heteroatoms. The first kappa shape index (κ1) is 15.0. The predicted molar refractivity (Wildman–Crippen MR) is 90.6 cm³/mol. The number of hydrogen-bond acceptors (Lipinski definition) is 3. The first-order chi connectivity index (χ1) is 10.3. The Balaban J connectivity index is 1.83. The highest BCUT2D eigenvalue weighted by atomic mass is 35.5. The maximum absolute atomic E-state index is 6.27. The molecular weight excluding hydrogens is 300 g/mol. The standard InChI is InChI=1S/C17H21ClN2S/c1-2-15-17(12-7-9-19-10-8-12)21-16(20-15)11-13-5-3-4-6-14(13)18/h3-6,12,19H,2,7-11H2,1H3. The summed E-state index contributed by atoms with van der Waals surface area (Å²) in [5, 5.41) is 5.49. The molecule has 1 aliphatic heterocycles. The fourth-order valence-electron chi connectivity index (χ4n) is 2.95. The van der Waals surface area contributed by atoms with Crippen LogP contribution >= 0.6 is 22.9 Å². The molecule has 0 bridgehead atoms. The van der Waals surface area contributed by atoms with Crippen molar-refractivity contribution in [3.63, 3.8) is 0 Å². The van der Waals surface area contributed by atoms with E-state index in [-0.39, 0.29) is 0 Å². The van der Waals surface area contributed by atoms with E-state index >= 15 is 0 Å². The molecule has 3 rings (SSSR count). The summed E-state index contributed by atoms with van der Waals surface area (Å²) in [6.07, 6.45) is 4.35. The molecule has 1 N–H and O–H groups in total. The average molecular weight is 321 g/mol. The molecule has 112 valence electrons. The van der Waals surface area contributed by atoms with Crippen molar-refractivity contribution in [1.29, 1.82) is 0 Å². The predicted octanol–water partition coefficient (Wildman–Crippen LogP) is 4.42. The van der Waals surface area contributed by atoms with Crippen molar-refractivity contribution in [2.75, 3.05) is 13.1 Å². The Morgan fingerprint density at radius 2 is 2.05 bits per heavy atom. The van der Waals surface area contributed by atoms with E-state index in [9.17, 15) is 0 Å². The summed E-state index contributed by atoms with van der Waals surface area (Å²) >= 11 is 8.17. The number of nitrogens with one attached hydrogen (secondary N) is 1. The van der Waals surface area contributed by atoms with Gasteiger partial charge < -0.3 is 5.32 Å². The van der Waals surface area contributed by atoms with Gasteiger partial charge in [0.15, 0.2) is 0 Å². The second-order valence-corrected chi connectivity index (χ2v) is 7.09. The number of hydrogen-bond donors (Lipinski definition) is 1. The van der Waals surface area contributed by atoms with Gasteiger partial charge in [0.2, 0.25) is 0 Å². The molecule has 2 nitrogen and oxygen atoms in total. The van der Waals surface area contributed by atoms with E-state index in [0.717, 1.165) is 31.0 Å². The van der Waals surface area contributed by atoms with Gasteiger partial charge in [0.05, 0.1) is 10.7 Å². The van der Waals surface area contributed by atoms with Crippen molar-refractivity contribution in [2.24, 2.45) is 0 Å². The van der Waals surface area contributed by atoms with Crippen molar-refractivity contribution in [2.45, 2.75) is 38.5 Å². The molecule has 0 atom stereocenters. The molecule has 0 amide bonds. The van der Waals surface area contributed by atoms with Crippen LogP contribution in [-0.4, -0.2) is 18.1 Å². The molecule has 1 aromatic heterocycles. The number of nitrogens with zero attached hydrogens (tertiary/aromatic N) is 1. The van der Waals surface area contributed by atoms with Gasteiger partial charge in [0.25, 0.3) is 0 Å². The Morgan fingerprint density at radius 3 is 2.76 bits per heavy atom. The number of rotatable bonds is 4. The van der Waals surface area contributed by atoms with Crippen LogP contribution in [0.2, 0.25) is 5.02 Å². The van der Waals surface area contributed by atoms with Crippen LogP contribution in [0.1, 0.15) is 46.8 Å². The summed E-state index contributed by atoms with van der Waals surface area (Å²) in [5.74, 6) is 0.693. The van der Waals surface area contributed by atoms with Crippen molar-refractivity contribution >= 4 is 22.9 Å².